The summed E-state index contributed by atoms with van der Waals surface area (Å²) in [5.74, 6) is 0.324. The molecule has 5 nitrogen and oxygen atoms in total. The van der Waals surface area contributed by atoms with E-state index in [1.54, 1.807) is 18.2 Å². The lowest BCUT2D eigenvalue weighted by Gasteiger charge is -2.28. The Kier molecular flexibility index (Phi) is 5.37. The highest BCUT2D eigenvalue weighted by Crippen LogP contribution is 2.21. The third-order valence-corrected chi connectivity index (χ3v) is 5.56. The standard InChI is InChI=1S/C15H24N2O3S/c1-11(16)14-4-3-5-15(10-14)21(18,19)17-12(2)13-6-8-20-9-7-13/h3-5,10-13,17H,6-9,16H2,1-2H3. The number of ether oxygens (including phenoxy) is 1. The van der Waals surface area contributed by atoms with E-state index < -0.39 is 10.0 Å². The van der Waals surface area contributed by atoms with Crippen molar-refractivity contribution in [2.45, 2.75) is 43.7 Å². The van der Waals surface area contributed by atoms with Crippen LogP contribution in [0.15, 0.2) is 29.2 Å². The van der Waals surface area contributed by atoms with E-state index in [-0.39, 0.29) is 17.0 Å². The molecule has 0 radical (unpaired) electrons. The van der Waals surface area contributed by atoms with Crippen LogP contribution in [-0.4, -0.2) is 27.7 Å². The van der Waals surface area contributed by atoms with Crippen LogP contribution in [-0.2, 0) is 14.8 Å². The zero-order valence-electron chi connectivity index (χ0n) is 12.6. The van der Waals surface area contributed by atoms with Crippen LogP contribution in [0.1, 0.15) is 38.3 Å². The van der Waals surface area contributed by atoms with Crippen molar-refractivity contribution in [1.29, 1.82) is 0 Å². The molecular weight excluding hydrogens is 288 g/mol. The van der Waals surface area contributed by atoms with Crippen LogP contribution < -0.4 is 10.5 Å². The normalized spacial score (nSPS) is 20.1. The zero-order valence-corrected chi connectivity index (χ0v) is 13.4. The molecule has 3 N–H and O–H groups in total. The van der Waals surface area contributed by atoms with Crippen LogP contribution in [0.25, 0.3) is 0 Å². The molecule has 118 valence electrons. The summed E-state index contributed by atoms with van der Waals surface area (Å²) in [7, 11) is -3.51. The molecule has 2 atom stereocenters. The van der Waals surface area contributed by atoms with Gasteiger partial charge in [-0.05, 0) is 50.3 Å². The van der Waals surface area contributed by atoms with Gasteiger partial charge in [0.1, 0.15) is 0 Å². The van der Waals surface area contributed by atoms with Gasteiger partial charge >= 0.3 is 0 Å². The average Bonchev–Trinajstić information content (AvgIpc) is 2.48. The number of nitrogens with one attached hydrogen (secondary N) is 1. The number of sulfonamides is 1. The lowest BCUT2D eigenvalue weighted by molar-refractivity contribution is 0.0585. The maximum atomic E-state index is 12.5. The Balaban J connectivity index is 2.12. The minimum absolute atomic E-state index is 0.0992. The molecule has 1 saturated heterocycles. The van der Waals surface area contributed by atoms with Gasteiger partial charge in [-0.1, -0.05) is 12.1 Å². The summed E-state index contributed by atoms with van der Waals surface area (Å²) in [6, 6.07) is 6.53. The van der Waals surface area contributed by atoms with Gasteiger partial charge in [-0.25, -0.2) is 13.1 Å². The third-order valence-electron chi connectivity index (χ3n) is 4.01. The van der Waals surface area contributed by atoms with Gasteiger partial charge in [0.2, 0.25) is 10.0 Å². The largest absolute Gasteiger partial charge is 0.381 e. The molecule has 1 aromatic carbocycles. The second-order valence-corrected chi connectivity index (χ2v) is 7.43. The van der Waals surface area contributed by atoms with Gasteiger partial charge in [-0.15, -0.1) is 0 Å². The first-order valence-electron chi connectivity index (χ1n) is 7.36. The van der Waals surface area contributed by atoms with Crippen molar-refractivity contribution in [2.75, 3.05) is 13.2 Å². The molecule has 0 spiro atoms. The van der Waals surface area contributed by atoms with Gasteiger partial charge in [-0.3, -0.25) is 0 Å². The highest BCUT2D eigenvalue weighted by molar-refractivity contribution is 7.89. The molecule has 0 bridgehead atoms. The average molecular weight is 312 g/mol. The molecule has 1 aliphatic rings. The first-order valence-corrected chi connectivity index (χ1v) is 8.84. The van der Waals surface area contributed by atoms with Crippen molar-refractivity contribution in [3.8, 4) is 0 Å². The van der Waals surface area contributed by atoms with Gasteiger partial charge in [0.25, 0.3) is 0 Å². The van der Waals surface area contributed by atoms with E-state index in [1.807, 2.05) is 19.9 Å². The fourth-order valence-corrected chi connectivity index (χ4v) is 3.96. The van der Waals surface area contributed by atoms with Gasteiger partial charge in [-0.2, -0.15) is 0 Å². The van der Waals surface area contributed by atoms with E-state index in [2.05, 4.69) is 4.72 Å². The van der Waals surface area contributed by atoms with E-state index in [9.17, 15) is 8.42 Å². The summed E-state index contributed by atoms with van der Waals surface area (Å²) in [4.78, 5) is 0.274. The highest BCUT2D eigenvalue weighted by atomic mass is 32.2. The van der Waals surface area contributed by atoms with Gasteiger partial charge < -0.3 is 10.5 Å². The second-order valence-electron chi connectivity index (χ2n) is 5.72. The molecule has 0 aromatic heterocycles. The number of hydrogen-bond acceptors (Lipinski definition) is 4. The summed E-state index contributed by atoms with van der Waals surface area (Å²) < 4.78 is 33.1. The molecule has 1 fully saturated rings. The molecular formula is C15H24N2O3S. The third kappa shape index (κ3) is 4.26. The first kappa shape index (κ1) is 16.4. The zero-order chi connectivity index (χ0) is 15.5. The number of nitrogens with two attached hydrogens (primary N) is 1. The fourth-order valence-electron chi connectivity index (χ4n) is 2.59. The topological polar surface area (TPSA) is 81.4 Å². The van der Waals surface area contributed by atoms with E-state index in [4.69, 9.17) is 10.5 Å². The number of hydrogen-bond donors (Lipinski definition) is 2. The molecule has 2 unspecified atom stereocenters. The van der Waals surface area contributed by atoms with E-state index in [0.717, 1.165) is 18.4 Å². The number of rotatable bonds is 5. The maximum absolute atomic E-state index is 12.5. The Labute approximate surface area is 126 Å². The van der Waals surface area contributed by atoms with Crippen molar-refractivity contribution in [1.82, 2.24) is 4.72 Å². The summed E-state index contributed by atoms with van der Waals surface area (Å²) in [5, 5.41) is 0. The van der Waals surface area contributed by atoms with Crippen LogP contribution in [0.3, 0.4) is 0 Å². The lowest BCUT2D eigenvalue weighted by Crippen LogP contribution is -2.40. The van der Waals surface area contributed by atoms with Gasteiger partial charge in [0, 0.05) is 25.3 Å². The molecule has 0 saturated carbocycles. The Morgan fingerprint density at radius 3 is 2.57 bits per heavy atom. The number of benzene rings is 1. The molecule has 2 rings (SSSR count). The van der Waals surface area contributed by atoms with Crippen molar-refractivity contribution in [3.05, 3.63) is 29.8 Å². The van der Waals surface area contributed by atoms with E-state index in [1.165, 1.54) is 0 Å². The van der Waals surface area contributed by atoms with Crippen LogP contribution in [0.5, 0.6) is 0 Å². The van der Waals surface area contributed by atoms with Crippen LogP contribution >= 0.6 is 0 Å². The lowest BCUT2D eigenvalue weighted by atomic mass is 9.94. The minimum Gasteiger partial charge on any atom is -0.381 e. The van der Waals surface area contributed by atoms with E-state index >= 15 is 0 Å². The van der Waals surface area contributed by atoms with E-state index in [0.29, 0.717) is 19.1 Å². The van der Waals surface area contributed by atoms with Gasteiger partial charge in [0.05, 0.1) is 4.90 Å². The Bertz CT molecular complexity index is 566. The molecule has 1 aromatic rings. The van der Waals surface area contributed by atoms with Crippen LogP contribution in [0.4, 0.5) is 0 Å². The predicted molar refractivity (Wildman–Crippen MR) is 82.4 cm³/mol. The van der Waals surface area contributed by atoms with Crippen molar-refractivity contribution >= 4 is 10.0 Å². The summed E-state index contributed by atoms with van der Waals surface area (Å²) in [6.07, 6.45) is 1.78. The van der Waals surface area contributed by atoms with Crippen molar-refractivity contribution < 1.29 is 13.2 Å². The maximum Gasteiger partial charge on any atom is 0.240 e. The van der Waals surface area contributed by atoms with Gasteiger partial charge in [0.15, 0.2) is 0 Å². The summed E-state index contributed by atoms with van der Waals surface area (Å²) >= 11 is 0. The quantitative estimate of drug-likeness (QED) is 0.868. The summed E-state index contributed by atoms with van der Waals surface area (Å²) in [5.41, 5.74) is 6.63. The fraction of sp³-hybridized carbons (Fsp3) is 0.600. The second kappa shape index (κ2) is 6.87. The van der Waals surface area contributed by atoms with Crippen molar-refractivity contribution in [3.63, 3.8) is 0 Å². The first-order chi connectivity index (χ1) is 9.90. The molecule has 0 amide bonds. The molecule has 21 heavy (non-hydrogen) atoms. The summed E-state index contributed by atoms with van der Waals surface area (Å²) in [6.45, 7) is 5.17. The highest BCUT2D eigenvalue weighted by Gasteiger charge is 2.25. The predicted octanol–water partition coefficient (Wildman–Crippen LogP) is 1.80. The monoisotopic (exact) mass is 312 g/mol. The Hall–Kier alpha value is -0.950. The minimum atomic E-state index is -3.51. The smallest absolute Gasteiger partial charge is 0.240 e. The molecule has 6 heteroatoms. The SMILES string of the molecule is CC(N)c1cccc(S(=O)(=O)NC(C)C2CCOCC2)c1. The Morgan fingerprint density at radius 2 is 1.95 bits per heavy atom. The van der Waals surface area contributed by atoms with Crippen molar-refractivity contribution in [2.24, 2.45) is 11.7 Å². The molecule has 0 aliphatic carbocycles. The van der Waals surface area contributed by atoms with Crippen LogP contribution in [0, 0.1) is 5.92 Å². The molecule has 1 heterocycles. The molecule has 1 aliphatic heterocycles. The Morgan fingerprint density at radius 1 is 1.29 bits per heavy atom. The van der Waals surface area contributed by atoms with Crippen LogP contribution in [0.2, 0.25) is 0 Å².